The summed E-state index contributed by atoms with van der Waals surface area (Å²) in [5, 5.41) is 0. The zero-order valence-electron chi connectivity index (χ0n) is 19.8. The smallest absolute Gasteiger partial charge is 0.229 e. The Balaban J connectivity index is 1.47. The van der Waals surface area contributed by atoms with Crippen molar-refractivity contribution in [3.63, 3.8) is 0 Å². The van der Waals surface area contributed by atoms with Crippen molar-refractivity contribution in [3.05, 3.63) is 46.3 Å². The van der Waals surface area contributed by atoms with Crippen molar-refractivity contribution in [1.82, 2.24) is 4.90 Å². The van der Waals surface area contributed by atoms with Crippen LogP contribution in [0.4, 0.5) is 0 Å². The molecule has 0 aromatic rings. The normalized spacial score (nSPS) is 34.8. The van der Waals surface area contributed by atoms with E-state index in [2.05, 4.69) is 30.9 Å². The molecule has 0 amide bonds. The highest BCUT2D eigenvalue weighted by molar-refractivity contribution is 6.27. The van der Waals surface area contributed by atoms with Gasteiger partial charge in [-0.25, -0.2) is 0 Å². The van der Waals surface area contributed by atoms with Gasteiger partial charge in [0.2, 0.25) is 5.78 Å². The molecule has 3 atom stereocenters. The van der Waals surface area contributed by atoms with Crippen molar-refractivity contribution in [2.75, 3.05) is 39.5 Å². The van der Waals surface area contributed by atoms with E-state index in [1.807, 2.05) is 19.9 Å². The fraction of sp³-hybridized carbons (Fsp3) is 0.630. The lowest BCUT2D eigenvalue weighted by Crippen LogP contribution is -2.39. The molecule has 0 radical (unpaired) electrons. The lowest BCUT2D eigenvalue weighted by molar-refractivity contribution is -0.119. The molecule has 5 aliphatic rings. The van der Waals surface area contributed by atoms with Crippen LogP contribution in [-0.4, -0.2) is 55.9 Å². The number of ether oxygens (including phenoxy) is 2. The predicted molar refractivity (Wildman–Crippen MR) is 123 cm³/mol. The van der Waals surface area contributed by atoms with Gasteiger partial charge in [0.15, 0.2) is 11.5 Å². The summed E-state index contributed by atoms with van der Waals surface area (Å²) in [6.07, 6.45) is 9.68. The van der Waals surface area contributed by atoms with Gasteiger partial charge in [0.05, 0.1) is 13.2 Å². The number of ketones is 2. The van der Waals surface area contributed by atoms with E-state index in [0.717, 1.165) is 51.3 Å². The Morgan fingerprint density at radius 3 is 2.66 bits per heavy atom. The number of carbonyl (C=O) groups excluding carboxylic acids is 2. The predicted octanol–water partition coefficient (Wildman–Crippen LogP) is 4.02. The molecule has 5 heteroatoms. The summed E-state index contributed by atoms with van der Waals surface area (Å²) < 4.78 is 11.6. The van der Waals surface area contributed by atoms with E-state index < -0.39 is 0 Å². The first-order chi connectivity index (χ1) is 15.3. The minimum absolute atomic E-state index is 0.0445. The first-order valence-electron chi connectivity index (χ1n) is 12.2. The van der Waals surface area contributed by atoms with E-state index in [-0.39, 0.29) is 34.1 Å². The molecule has 5 nitrogen and oxygen atoms in total. The highest BCUT2D eigenvalue weighted by Crippen LogP contribution is 2.70. The number of hydrogen-bond acceptors (Lipinski definition) is 5. The Labute approximate surface area is 191 Å². The largest absolute Gasteiger partial charge is 0.488 e. The molecule has 1 aliphatic heterocycles. The van der Waals surface area contributed by atoms with Gasteiger partial charge in [0.1, 0.15) is 6.61 Å². The second-order valence-corrected chi connectivity index (χ2v) is 10.7. The summed E-state index contributed by atoms with van der Waals surface area (Å²) in [4.78, 5) is 29.8. The van der Waals surface area contributed by atoms with Gasteiger partial charge in [-0.1, -0.05) is 45.9 Å². The molecule has 2 fully saturated rings. The molecule has 0 unspecified atom stereocenters. The number of carbonyl (C=O) groups is 2. The first kappa shape index (κ1) is 21.8. The molecular formula is C27H35NO4. The number of nitrogens with zero attached hydrogens (tertiary/aromatic N) is 1. The third-order valence-electron chi connectivity index (χ3n) is 8.65. The van der Waals surface area contributed by atoms with Crippen LogP contribution in [0.2, 0.25) is 0 Å². The van der Waals surface area contributed by atoms with Gasteiger partial charge in [0.25, 0.3) is 0 Å². The summed E-state index contributed by atoms with van der Waals surface area (Å²) in [6, 6.07) is 0. The van der Waals surface area contributed by atoms with Crippen LogP contribution in [0.5, 0.6) is 0 Å². The highest BCUT2D eigenvalue weighted by Gasteiger charge is 2.63. The molecule has 172 valence electrons. The van der Waals surface area contributed by atoms with E-state index in [1.165, 1.54) is 6.42 Å². The first-order valence-corrected chi connectivity index (χ1v) is 12.2. The zero-order valence-corrected chi connectivity index (χ0v) is 19.8. The average Bonchev–Trinajstić information content (AvgIpc) is 3.46. The molecule has 0 bridgehead atoms. The van der Waals surface area contributed by atoms with E-state index >= 15 is 0 Å². The van der Waals surface area contributed by atoms with Crippen LogP contribution in [0.25, 0.3) is 0 Å². The van der Waals surface area contributed by atoms with Crippen molar-refractivity contribution in [2.24, 2.45) is 22.7 Å². The molecule has 1 heterocycles. The Kier molecular flexibility index (Phi) is 5.33. The number of Topliss-reactive ketones (excluding diaryl/α,β-unsaturated/α-hetero) is 2. The number of fused-ring (bicyclic) bond motifs is 4. The minimum atomic E-state index is -0.211. The molecule has 0 spiro atoms. The summed E-state index contributed by atoms with van der Waals surface area (Å²) in [7, 11) is 0. The second-order valence-electron chi connectivity index (χ2n) is 10.7. The third-order valence-corrected chi connectivity index (χ3v) is 8.65. The van der Waals surface area contributed by atoms with Crippen LogP contribution in [0.1, 0.15) is 47.0 Å². The van der Waals surface area contributed by atoms with Crippen molar-refractivity contribution in [2.45, 2.75) is 47.0 Å². The van der Waals surface area contributed by atoms with Crippen LogP contribution < -0.4 is 0 Å². The van der Waals surface area contributed by atoms with E-state index in [0.29, 0.717) is 29.2 Å². The van der Waals surface area contributed by atoms with E-state index in [4.69, 9.17) is 9.47 Å². The van der Waals surface area contributed by atoms with Gasteiger partial charge in [-0.15, -0.1) is 0 Å². The molecular weight excluding hydrogens is 402 g/mol. The molecule has 5 rings (SSSR count). The average molecular weight is 438 g/mol. The minimum Gasteiger partial charge on any atom is -0.488 e. The maximum Gasteiger partial charge on any atom is 0.229 e. The fourth-order valence-corrected chi connectivity index (χ4v) is 6.27. The van der Waals surface area contributed by atoms with Crippen LogP contribution in [0.3, 0.4) is 0 Å². The Bertz CT molecular complexity index is 978. The van der Waals surface area contributed by atoms with Crippen molar-refractivity contribution >= 4 is 11.6 Å². The quantitative estimate of drug-likeness (QED) is 0.608. The topological polar surface area (TPSA) is 55.8 Å². The van der Waals surface area contributed by atoms with Crippen molar-refractivity contribution in [1.29, 1.82) is 0 Å². The number of rotatable bonds is 5. The standard InChI is InChI=1S/C27H35NO4/c1-17(2)21-23(29)19-8-9-26(3)20(7-5-6-18-16-27(18,26)4)22(19)24(30)25(21)32-15-12-28-10-13-31-14-11-28/h7-9,17-18H,5-6,10-16H2,1-4H3/t18-,26-,27-/m0/s1. The highest BCUT2D eigenvalue weighted by atomic mass is 16.5. The Morgan fingerprint density at radius 2 is 1.94 bits per heavy atom. The van der Waals surface area contributed by atoms with E-state index in [9.17, 15) is 9.59 Å². The maximum atomic E-state index is 13.9. The molecule has 1 saturated carbocycles. The van der Waals surface area contributed by atoms with Crippen LogP contribution in [0, 0.1) is 22.7 Å². The maximum absolute atomic E-state index is 13.9. The monoisotopic (exact) mass is 437 g/mol. The lowest BCUT2D eigenvalue weighted by atomic mass is 9.61. The van der Waals surface area contributed by atoms with Gasteiger partial charge in [-0.2, -0.15) is 0 Å². The zero-order chi connectivity index (χ0) is 22.7. The molecule has 32 heavy (non-hydrogen) atoms. The molecule has 0 aromatic carbocycles. The summed E-state index contributed by atoms with van der Waals surface area (Å²) in [5.74, 6) is 0.742. The van der Waals surface area contributed by atoms with Gasteiger partial charge in [-0.05, 0) is 42.1 Å². The van der Waals surface area contributed by atoms with Crippen LogP contribution in [0.15, 0.2) is 46.3 Å². The van der Waals surface area contributed by atoms with Gasteiger partial charge >= 0.3 is 0 Å². The summed E-state index contributed by atoms with van der Waals surface area (Å²) in [5.41, 5.74) is 2.68. The molecule has 1 saturated heterocycles. The summed E-state index contributed by atoms with van der Waals surface area (Å²) in [6.45, 7) is 12.9. The second kappa shape index (κ2) is 7.81. The molecule has 4 aliphatic carbocycles. The Hall–Kier alpha value is -1.98. The lowest BCUT2D eigenvalue weighted by Gasteiger charge is -2.41. The van der Waals surface area contributed by atoms with Crippen molar-refractivity contribution in [3.8, 4) is 0 Å². The SMILES string of the molecule is CC(C)C1=C(OCCN2CCOCC2)C(=O)C2=C(C=C[C@@]3(C)C2=CCC[C@H]2C[C@@]23C)C1=O. The number of hydrogen-bond donors (Lipinski definition) is 0. The number of morpholine rings is 1. The molecule has 0 aromatic heterocycles. The fourth-order valence-electron chi connectivity index (χ4n) is 6.27. The Morgan fingerprint density at radius 1 is 1.19 bits per heavy atom. The van der Waals surface area contributed by atoms with Crippen LogP contribution >= 0.6 is 0 Å². The van der Waals surface area contributed by atoms with Gasteiger partial charge in [0, 0.05) is 41.8 Å². The molecule has 0 N–H and O–H groups in total. The van der Waals surface area contributed by atoms with Crippen molar-refractivity contribution < 1.29 is 19.1 Å². The van der Waals surface area contributed by atoms with E-state index in [1.54, 1.807) is 0 Å². The third kappa shape index (κ3) is 3.19. The van der Waals surface area contributed by atoms with Gasteiger partial charge < -0.3 is 9.47 Å². The van der Waals surface area contributed by atoms with Crippen LogP contribution in [-0.2, 0) is 19.1 Å². The number of allylic oxidation sites excluding steroid dienone is 7. The van der Waals surface area contributed by atoms with Gasteiger partial charge in [-0.3, -0.25) is 14.5 Å². The summed E-state index contributed by atoms with van der Waals surface area (Å²) >= 11 is 0.